The summed E-state index contributed by atoms with van der Waals surface area (Å²) >= 11 is 2.23. The van der Waals surface area contributed by atoms with Crippen molar-refractivity contribution in [2.75, 3.05) is 18.4 Å². The molecule has 1 aromatic rings. The van der Waals surface area contributed by atoms with Crippen LogP contribution >= 0.6 is 22.6 Å². The van der Waals surface area contributed by atoms with Crippen molar-refractivity contribution in [1.29, 1.82) is 0 Å². The summed E-state index contributed by atoms with van der Waals surface area (Å²) in [6.07, 6.45) is 5.83. The molecule has 0 atom stereocenters. The zero-order valence-corrected chi connectivity index (χ0v) is 9.99. The third-order valence-corrected chi connectivity index (χ3v) is 3.48. The topological polar surface area (TPSA) is 63.8 Å². The van der Waals surface area contributed by atoms with Crippen LogP contribution in [0.2, 0.25) is 0 Å². The molecule has 1 aromatic heterocycles. The highest BCUT2D eigenvalue weighted by Crippen LogP contribution is 2.44. The van der Waals surface area contributed by atoms with Crippen molar-refractivity contribution >= 4 is 28.4 Å². The first-order valence-electron chi connectivity index (χ1n) is 4.65. The maximum Gasteiger partial charge on any atom is 0.142 e. The van der Waals surface area contributed by atoms with Gasteiger partial charge in [0.1, 0.15) is 12.1 Å². The molecule has 0 amide bonds. The first kappa shape index (κ1) is 10.1. The molecule has 4 nitrogen and oxygen atoms in total. The number of hydrogen-bond donors (Lipinski definition) is 2. The second-order valence-corrected chi connectivity index (χ2v) is 4.94. The highest BCUT2D eigenvalue weighted by atomic mass is 127. The molecular formula is C9H13IN4. The van der Waals surface area contributed by atoms with Gasteiger partial charge in [-0.2, -0.15) is 0 Å². The van der Waals surface area contributed by atoms with Crippen LogP contribution < -0.4 is 11.1 Å². The number of nitrogens with two attached hydrogens (primary N) is 1. The van der Waals surface area contributed by atoms with Gasteiger partial charge in [-0.15, -0.1) is 0 Å². The Bertz CT molecular complexity index is 324. The van der Waals surface area contributed by atoms with E-state index < -0.39 is 0 Å². The van der Waals surface area contributed by atoms with Gasteiger partial charge in [0.15, 0.2) is 0 Å². The largest absolute Gasteiger partial charge is 0.368 e. The average molecular weight is 304 g/mol. The molecule has 1 aliphatic carbocycles. The summed E-state index contributed by atoms with van der Waals surface area (Å²) in [7, 11) is 0. The third-order valence-electron chi connectivity index (χ3n) is 2.69. The minimum Gasteiger partial charge on any atom is -0.368 e. The maximum absolute atomic E-state index is 5.70. The SMILES string of the molecule is NCC1(CNc2ncncc2I)CC1. The third kappa shape index (κ3) is 2.14. The van der Waals surface area contributed by atoms with Gasteiger partial charge >= 0.3 is 0 Å². The van der Waals surface area contributed by atoms with Crippen molar-refractivity contribution in [3.05, 3.63) is 16.1 Å². The monoisotopic (exact) mass is 304 g/mol. The van der Waals surface area contributed by atoms with E-state index >= 15 is 0 Å². The summed E-state index contributed by atoms with van der Waals surface area (Å²) in [5, 5.41) is 3.33. The molecule has 1 heterocycles. The smallest absolute Gasteiger partial charge is 0.142 e. The highest BCUT2D eigenvalue weighted by Gasteiger charge is 2.40. The summed E-state index contributed by atoms with van der Waals surface area (Å²) in [6.45, 7) is 1.69. The Morgan fingerprint density at radius 2 is 2.36 bits per heavy atom. The molecule has 0 aliphatic heterocycles. The molecule has 0 unspecified atom stereocenters. The molecule has 76 valence electrons. The molecule has 1 fully saturated rings. The molecule has 14 heavy (non-hydrogen) atoms. The van der Waals surface area contributed by atoms with E-state index in [1.165, 1.54) is 12.8 Å². The van der Waals surface area contributed by atoms with Gasteiger partial charge in [0.05, 0.1) is 3.57 Å². The number of halogens is 1. The van der Waals surface area contributed by atoms with Crippen molar-refractivity contribution in [1.82, 2.24) is 9.97 Å². The van der Waals surface area contributed by atoms with Crippen LogP contribution in [-0.2, 0) is 0 Å². The lowest BCUT2D eigenvalue weighted by molar-refractivity contribution is 0.554. The Hall–Kier alpha value is -0.430. The van der Waals surface area contributed by atoms with Crippen molar-refractivity contribution in [3.63, 3.8) is 0 Å². The fraction of sp³-hybridized carbons (Fsp3) is 0.556. The number of rotatable bonds is 4. The quantitative estimate of drug-likeness (QED) is 0.821. The van der Waals surface area contributed by atoms with Gasteiger partial charge in [-0.05, 0) is 47.4 Å². The average Bonchev–Trinajstić information content (AvgIpc) is 2.98. The van der Waals surface area contributed by atoms with Crippen LogP contribution in [0.3, 0.4) is 0 Å². The molecule has 0 saturated heterocycles. The standard InChI is InChI=1S/C9H13IN4/c10-7-3-12-6-14-8(7)13-5-9(4-11)1-2-9/h3,6H,1-2,4-5,11H2,(H,12,13,14). The first-order valence-corrected chi connectivity index (χ1v) is 5.73. The van der Waals surface area contributed by atoms with Crippen LogP contribution in [0.15, 0.2) is 12.5 Å². The number of aromatic nitrogens is 2. The fourth-order valence-corrected chi connectivity index (χ4v) is 1.83. The summed E-state index contributed by atoms with van der Waals surface area (Å²) in [4.78, 5) is 8.11. The Labute approximate surface area is 96.8 Å². The van der Waals surface area contributed by atoms with E-state index in [0.29, 0.717) is 5.41 Å². The molecule has 3 N–H and O–H groups in total. The molecule has 5 heteroatoms. The molecule has 1 saturated carbocycles. The van der Waals surface area contributed by atoms with Gasteiger partial charge in [-0.25, -0.2) is 9.97 Å². The van der Waals surface area contributed by atoms with Crippen LogP contribution in [0.25, 0.3) is 0 Å². The Kier molecular flexibility index (Phi) is 2.87. The molecule has 0 radical (unpaired) electrons. The van der Waals surface area contributed by atoms with Gasteiger partial charge in [0.2, 0.25) is 0 Å². The molecule has 0 spiro atoms. The molecule has 2 rings (SSSR count). The van der Waals surface area contributed by atoms with E-state index in [-0.39, 0.29) is 0 Å². The lowest BCUT2D eigenvalue weighted by Gasteiger charge is -2.14. The van der Waals surface area contributed by atoms with Crippen LogP contribution in [0, 0.1) is 8.99 Å². The summed E-state index contributed by atoms with van der Waals surface area (Å²) in [6, 6.07) is 0. The minimum atomic E-state index is 0.341. The Morgan fingerprint density at radius 1 is 1.57 bits per heavy atom. The Morgan fingerprint density at radius 3 is 2.93 bits per heavy atom. The Balaban J connectivity index is 1.95. The summed E-state index contributed by atoms with van der Waals surface area (Å²) in [5.74, 6) is 0.917. The maximum atomic E-state index is 5.70. The van der Waals surface area contributed by atoms with E-state index in [1.54, 1.807) is 12.5 Å². The van der Waals surface area contributed by atoms with Crippen molar-refractivity contribution in [2.45, 2.75) is 12.8 Å². The number of anilines is 1. The van der Waals surface area contributed by atoms with Crippen LogP contribution in [-0.4, -0.2) is 23.1 Å². The second-order valence-electron chi connectivity index (χ2n) is 3.78. The van der Waals surface area contributed by atoms with Gasteiger partial charge in [-0.1, -0.05) is 0 Å². The summed E-state index contributed by atoms with van der Waals surface area (Å²) in [5.41, 5.74) is 6.04. The normalized spacial score (nSPS) is 17.9. The molecular weight excluding hydrogens is 291 g/mol. The van der Waals surface area contributed by atoms with Gasteiger partial charge in [0.25, 0.3) is 0 Å². The molecule has 1 aliphatic rings. The van der Waals surface area contributed by atoms with Crippen molar-refractivity contribution < 1.29 is 0 Å². The summed E-state index contributed by atoms with van der Waals surface area (Å²) < 4.78 is 1.05. The van der Waals surface area contributed by atoms with E-state index in [9.17, 15) is 0 Å². The molecule has 0 bridgehead atoms. The van der Waals surface area contributed by atoms with Gasteiger partial charge < -0.3 is 11.1 Å². The number of nitrogens with one attached hydrogen (secondary N) is 1. The molecule has 0 aromatic carbocycles. The van der Waals surface area contributed by atoms with Crippen LogP contribution in [0.5, 0.6) is 0 Å². The van der Waals surface area contributed by atoms with Crippen molar-refractivity contribution in [2.24, 2.45) is 11.1 Å². The predicted octanol–water partition coefficient (Wildman–Crippen LogP) is 1.23. The fourth-order valence-electron chi connectivity index (χ4n) is 1.34. The predicted molar refractivity (Wildman–Crippen MR) is 64.0 cm³/mol. The van der Waals surface area contributed by atoms with Crippen LogP contribution in [0.4, 0.5) is 5.82 Å². The number of nitrogens with zero attached hydrogens (tertiary/aromatic N) is 2. The minimum absolute atomic E-state index is 0.341. The first-order chi connectivity index (χ1) is 6.76. The van der Waals surface area contributed by atoms with Gasteiger partial charge in [-0.3, -0.25) is 0 Å². The lowest BCUT2D eigenvalue weighted by atomic mass is 10.1. The van der Waals surface area contributed by atoms with Crippen LogP contribution in [0.1, 0.15) is 12.8 Å². The highest BCUT2D eigenvalue weighted by molar-refractivity contribution is 14.1. The van der Waals surface area contributed by atoms with E-state index in [4.69, 9.17) is 5.73 Å². The van der Waals surface area contributed by atoms with E-state index in [0.717, 1.165) is 22.5 Å². The second kappa shape index (κ2) is 3.98. The number of hydrogen-bond acceptors (Lipinski definition) is 4. The van der Waals surface area contributed by atoms with E-state index in [1.807, 2.05) is 0 Å². The van der Waals surface area contributed by atoms with Crippen molar-refractivity contribution in [3.8, 4) is 0 Å². The lowest BCUT2D eigenvalue weighted by Crippen LogP contribution is -2.24. The van der Waals surface area contributed by atoms with E-state index in [2.05, 4.69) is 37.9 Å². The zero-order valence-electron chi connectivity index (χ0n) is 7.83. The zero-order chi connectivity index (χ0) is 10.0. The van der Waals surface area contributed by atoms with Gasteiger partial charge in [0, 0.05) is 12.7 Å².